The van der Waals surface area contributed by atoms with Gasteiger partial charge in [-0.2, -0.15) is 0 Å². The molecule has 0 saturated carbocycles. The molecule has 0 radical (unpaired) electrons. The van der Waals surface area contributed by atoms with Gasteiger partial charge in [0.25, 0.3) is 0 Å². The lowest BCUT2D eigenvalue weighted by Crippen LogP contribution is -1.83. The number of aromatic nitrogens is 1. The Labute approximate surface area is 140 Å². The summed E-state index contributed by atoms with van der Waals surface area (Å²) in [4.78, 5) is 7.83. The molecule has 4 aromatic rings. The van der Waals surface area contributed by atoms with Crippen LogP contribution in [0.5, 0.6) is 11.5 Å². The molecular formula is C21H16N2O. The summed E-state index contributed by atoms with van der Waals surface area (Å²) in [7, 11) is 0. The minimum absolute atomic E-state index is 0.773. The van der Waals surface area contributed by atoms with E-state index < -0.39 is 0 Å². The van der Waals surface area contributed by atoms with Crippen LogP contribution >= 0.6 is 0 Å². The molecule has 3 heteroatoms. The van der Waals surface area contributed by atoms with E-state index in [9.17, 15) is 0 Å². The Morgan fingerprint density at radius 1 is 0.792 bits per heavy atom. The highest BCUT2D eigenvalue weighted by Gasteiger charge is 2.01. The van der Waals surface area contributed by atoms with E-state index in [-0.39, 0.29) is 0 Å². The molecule has 0 unspecified atom stereocenters. The first kappa shape index (κ1) is 14.3. The van der Waals surface area contributed by atoms with Gasteiger partial charge >= 0.3 is 0 Å². The largest absolute Gasteiger partial charge is 0.457 e. The zero-order valence-corrected chi connectivity index (χ0v) is 13.0. The van der Waals surface area contributed by atoms with E-state index in [0.29, 0.717) is 0 Å². The minimum Gasteiger partial charge on any atom is -0.457 e. The molecular weight excluding hydrogens is 296 g/mol. The second kappa shape index (κ2) is 6.42. The van der Waals surface area contributed by atoms with Crippen molar-refractivity contribution in [1.29, 1.82) is 0 Å². The fourth-order valence-corrected chi connectivity index (χ4v) is 2.60. The number of aromatic amines is 1. The summed E-state index contributed by atoms with van der Waals surface area (Å²) in [6.45, 7) is 0. The zero-order valence-electron chi connectivity index (χ0n) is 13.0. The van der Waals surface area contributed by atoms with Crippen LogP contribution < -0.4 is 4.74 Å². The lowest BCUT2D eigenvalue weighted by molar-refractivity contribution is 0.483. The van der Waals surface area contributed by atoms with E-state index in [1.807, 2.05) is 79.1 Å². The number of aliphatic imine (C=N–C) groups is 1. The molecule has 0 aliphatic carbocycles. The summed E-state index contributed by atoms with van der Waals surface area (Å²) >= 11 is 0. The molecule has 1 aromatic heterocycles. The summed E-state index contributed by atoms with van der Waals surface area (Å²) in [5.41, 5.74) is 3.04. The fourth-order valence-electron chi connectivity index (χ4n) is 2.60. The lowest BCUT2D eigenvalue weighted by Gasteiger charge is -2.05. The summed E-state index contributed by atoms with van der Waals surface area (Å²) in [6.07, 6.45) is 3.85. The van der Waals surface area contributed by atoms with Gasteiger partial charge in [0, 0.05) is 34.9 Å². The van der Waals surface area contributed by atoms with Gasteiger partial charge in [-0.15, -0.1) is 0 Å². The maximum Gasteiger partial charge on any atom is 0.129 e. The Bertz CT molecular complexity index is 987. The first-order valence-electron chi connectivity index (χ1n) is 7.82. The van der Waals surface area contributed by atoms with Gasteiger partial charge in [0.05, 0.1) is 5.69 Å². The van der Waals surface area contributed by atoms with Crippen molar-refractivity contribution in [3.05, 3.63) is 90.6 Å². The van der Waals surface area contributed by atoms with Gasteiger partial charge in [-0.05, 0) is 30.3 Å². The molecule has 0 saturated heterocycles. The predicted molar refractivity (Wildman–Crippen MR) is 98.5 cm³/mol. The van der Waals surface area contributed by atoms with Gasteiger partial charge in [-0.25, -0.2) is 0 Å². The number of fused-ring (bicyclic) bond motifs is 1. The number of benzene rings is 3. The number of para-hydroxylation sites is 2. The summed E-state index contributed by atoms with van der Waals surface area (Å²) < 4.78 is 5.85. The van der Waals surface area contributed by atoms with Crippen molar-refractivity contribution >= 4 is 22.8 Å². The molecule has 0 atom stereocenters. The molecule has 0 fully saturated rings. The van der Waals surface area contributed by atoms with Crippen molar-refractivity contribution in [2.24, 2.45) is 4.99 Å². The van der Waals surface area contributed by atoms with Crippen LogP contribution in [0.2, 0.25) is 0 Å². The van der Waals surface area contributed by atoms with E-state index in [2.05, 4.69) is 22.1 Å². The number of nitrogens with zero attached hydrogens (tertiary/aromatic N) is 1. The highest BCUT2D eigenvalue weighted by molar-refractivity contribution is 5.99. The van der Waals surface area contributed by atoms with Crippen LogP contribution in [0, 0.1) is 0 Å². The number of rotatable bonds is 4. The number of ether oxygens (including phenoxy) is 1. The van der Waals surface area contributed by atoms with Crippen LogP contribution in [0.4, 0.5) is 5.69 Å². The van der Waals surface area contributed by atoms with E-state index >= 15 is 0 Å². The molecule has 0 spiro atoms. The topological polar surface area (TPSA) is 37.4 Å². The van der Waals surface area contributed by atoms with Crippen LogP contribution in [0.15, 0.2) is 90.1 Å². The molecule has 3 aromatic carbocycles. The molecule has 116 valence electrons. The van der Waals surface area contributed by atoms with Crippen molar-refractivity contribution in [2.45, 2.75) is 0 Å². The maximum absolute atomic E-state index is 5.85. The third-order valence-electron chi connectivity index (χ3n) is 3.77. The smallest absolute Gasteiger partial charge is 0.129 e. The monoisotopic (exact) mass is 312 g/mol. The molecule has 1 N–H and O–H groups in total. The highest BCUT2D eigenvalue weighted by atomic mass is 16.5. The Kier molecular flexibility index (Phi) is 3.82. The Hall–Kier alpha value is -3.33. The zero-order chi connectivity index (χ0) is 16.2. The second-order valence-electron chi connectivity index (χ2n) is 5.46. The second-order valence-corrected chi connectivity index (χ2v) is 5.46. The third-order valence-corrected chi connectivity index (χ3v) is 3.77. The maximum atomic E-state index is 5.85. The van der Waals surface area contributed by atoms with Crippen LogP contribution in [0.1, 0.15) is 5.56 Å². The van der Waals surface area contributed by atoms with Crippen LogP contribution in [-0.4, -0.2) is 11.2 Å². The van der Waals surface area contributed by atoms with Crippen molar-refractivity contribution in [2.75, 3.05) is 0 Å². The number of hydrogen-bond acceptors (Lipinski definition) is 2. The Balaban J connectivity index is 1.57. The average molecular weight is 312 g/mol. The van der Waals surface area contributed by atoms with E-state index in [1.165, 1.54) is 0 Å². The van der Waals surface area contributed by atoms with Crippen molar-refractivity contribution < 1.29 is 4.74 Å². The quantitative estimate of drug-likeness (QED) is 0.481. The summed E-state index contributed by atoms with van der Waals surface area (Å²) in [6, 6.07) is 25.7. The fraction of sp³-hybridized carbons (Fsp3) is 0. The highest BCUT2D eigenvalue weighted by Crippen LogP contribution is 2.25. The van der Waals surface area contributed by atoms with E-state index in [1.54, 1.807) is 0 Å². The first-order valence-corrected chi connectivity index (χ1v) is 7.82. The van der Waals surface area contributed by atoms with Gasteiger partial charge in [0.15, 0.2) is 0 Å². The summed E-state index contributed by atoms with van der Waals surface area (Å²) in [5.74, 6) is 1.59. The van der Waals surface area contributed by atoms with Crippen LogP contribution in [0.25, 0.3) is 10.9 Å². The van der Waals surface area contributed by atoms with Gasteiger partial charge in [0.1, 0.15) is 11.5 Å². The normalized spacial score (nSPS) is 11.2. The predicted octanol–water partition coefficient (Wildman–Crippen LogP) is 5.71. The molecule has 24 heavy (non-hydrogen) atoms. The molecule has 0 bridgehead atoms. The van der Waals surface area contributed by atoms with Crippen LogP contribution in [0.3, 0.4) is 0 Å². The third kappa shape index (κ3) is 3.06. The molecule has 3 nitrogen and oxygen atoms in total. The number of H-pyrrole nitrogens is 1. The van der Waals surface area contributed by atoms with E-state index in [4.69, 9.17) is 4.74 Å². The lowest BCUT2D eigenvalue weighted by atomic mass is 10.2. The van der Waals surface area contributed by atoms with Gasteiger partial charge in [-0.3, -0.25) is 4.99 Å². The van der Waals surface area contributed by atoms with Crippen molar-refractivity contribution in [1.82, 2.24) is 4.98 Å². The molecule has 0 amide bonds. The van der Waals surface area contributed by atoms with Crippen molar-refractivity contribution in [3.63, 3.8) is 0 Å². The van der Waals surface area contributed by atoms with Crippen molar-refractivity contribution in [3.8, 4) is 11.5 Å². The molecule has 4 rings (SSSR count). The number of hydrogen-bond donors (Lipinski definition) is 1. The average Bonchev–Trinajstić information content (AvgIpc) is 3.04. The van der Waals surface area contributed by atoms with Gasteiger partial charge in [0.2, 0.25) is 0 Å². The number of nitrogens with one attached hydrogen (secondary N) is 1. The molecule has 1 heterocycles. The van der Waals surface area contributed by atoms with Gasteiger partial charge < -0.3 is 9.72 Å². The molecule has 0 aliphatic rings. The standard InChI is InChI=1S/C21H16N2O/c1-2-8-18(9-3-1)24-19-10-6-7-17(13-19)22-14-16-15-23-21-12-5-4-11-20(16)21/h1-15,23H. The van der Waals surface area contributed by atoms with Gasteiger partial charge in [-0.1, -0.05) is 42.5 Å². The molecule has 0 aliphatic heterocycles. The van der Waals surface area contributed by atoms with Crippen LogP contribution in [-0.2, 0) is 0 Å². The van der Waals surface area contributed by atoms with E-state index in [0.717, 1.165) is 33.7 Å². The Morgan fingerprint density at radius 3 is 2.50 bits per heavy atom. The first-order chi connectivity index (χ1) is 11.9. The SMILES string of the molecule is C(=Nc1cccc(Oc2ccccc2)c1)c1c[nH]c2ccccc12. The minimum atomic E-state index is 0.773. The summed E-state index contributed by atoms with van der Waals surface area (Å²) in [5, 5.41) is 1.16. The Morgan fingerprint density at radius 2 is 1.58 bits per heavy atom.